The molecular formula is C26H25N5OS. The summed E-state index contributed by atoms with van der Waals surface area (Å²) < 4.78 is 7.73. The topological polar surface area (TPSA) is 55.2 Å². The van der Waals surface area contributed by atoms with Crippen LogP contribution in [0.2, 0.25) is 0 Å². The number of pyridine rings is 2. The summed E-state index contributed by atoms with van der Waals surface area (Å²) in [4.78, 5) is 11.2. The monoisotopic (exact) mass is 455 g/mol. The van der Waals surface area contributed by atoms with E-state index in [1.165, 1.54) is 5.56 Å². The van der Waals surface area contributed by atoms with Crippen molar-refractivity contribution in [2.75, 3.05) is 12.0 Å². The van der Waals surface area contributed by atoms with Crippen molar-refractivity contribution in [1.82, 2.24) is 19.9 Å². The first-order chi connectivity index (χ1) is 16.1. The van der Waals surface area contributed by atoms with Gasteiger partial charge in [-0.15, -0.1) is 0 Å². The maximum atomic E-state index is 5.86. The van der Waals surface area contributed by atoms with Crippen LogP contribution in [0.1, 0.15) is 34.7 Å². The molecule has 1 fully saturated rings. The van der Waals surface area contributed by atoms with Crippen molar-refractivity contribution >= 4 is 23.0 Å². The summed E-state index contributed by atoms with van der Waals surface area (Å²) in [5.41, 5.74) is 6.42. The largest absolute Gasteiger partial charge is 0.497 e. The number of hydrogen-bond donors (Lipinski definition) is 1. The van der Waals surface area contributed by atoms with Crippen LogP contribution < -0.4 is 15.0 Å². The summed E-state index contributed by atoms with van der Waals surface area (Å²) in [6, 6.07) is 20.1. The summed E-state index contributed by atoms with van der Waals surface area (Å²) in [7, 11) is 1.68. The summed E-state index contributed by atoms with van der Waals surface area (Å²) in [5, 5.41) is 4.20. The van der Waals surface area contributed by atoms with E-state index in [-0.39, 0.29) is 12.1 Å². The van der Waals surface area contributed by atoms with Crippen LogP contribution in [0.4, 0.5) is 5.69 Å². The molecule has 1 aliphatic rings. The summed E-state index contributed by atoms with van der Waals surface area (Å²) in [6.45, 7) is 4.27. The van der Waals surface area contributed by atoms with Gasteiger partial charge in [-0.25, -0.2) is 0 Å². The summed E-state index contributed by atoms with van der Waals surface area (Å²) in [5.74, 6) is 0.788. The molecule has 7 heteroatoms. The highest BCUT2D eigenvalue weighted by Crippen LogP contribution is 2.44. The molecule has 33 heavy (non-hydrogen) atoms. The van der Waals surface area contributed by atoms with Crippen LogP contribution in [-0.2, 0) is 0 Å². The third-order valence-corrected chi connectivity index (χ3v) is 6.44. The smallest absolute Gasteiger partial charge is 0.174 e. The van der Waals surface area contributed by atoms with Gasteiger partial charge in [-0.3, -0.25) is 9.97 Å². The third kappa shape index (κ3) is 3.74. The molecule has 0 bridgehead atoms. The van der Waals surface area contributed by atoms with E-state index in [1.54, 1.807) is 13.3 Å². The van der Waals surface area contributed by atoms with E-state index in [1.807, 2.05) is 54.9 Å². The number of ether oxygens (including phenoxy) is 1. The molecule has 1 N–H and O–H groups in total. The zero-order valence-corrected chi connectivity index (χ0v) is 19.6. The van der Waals surface area contributed by atoms with Crippen molar-refractivity contribution in [3.63, 3.8) is 0 Å². The van der Waals surface area contributed by atoms with Crippen LogP contribution in [0.15, 0.2) is 79.3 Å². The van der Waals surface area contributed by atoms with Gasteiger partial charge in [0.1, 0.15) is 5.75 Å². The predicted octanol–water partition coefficient (Wildman–Crippen LogP) is 5.07. The van der Waals surface area contributed by atoms with Gasteiger partial charge in [-0.1, -0.05) is 12.1 Å². The highest BCUT2D eigenvalue weighted by atomic mass is 32.1. The Balaban J connectivity index is 1.68. The Hall–Kier alpha value is -3.71. The zero-order valence-electron chi connectivity index (χ0n) is 18.8. The number of anilines is 1. The van der Waals surface area contributed by atoms with E-state index >= 15 is 0 Å². The average molecular weight is 456 g/mol. The van der Waals surface area contributed by atoms with Crippen molar-refractivity contribution < 1.29 is 4.74 Å². The molecule has 2 atom stereocenters. The van der Waals surface area contributed by atoms with Gasteiger partial charge in [0.25, 0.3) is 0 Å². The highest BCUT2D eigenvalue weighted by Gasteiger charge is 2.42. The average Bonchev–Trinajstić information content (AvgIpc) is 3.35. The lowest BCUT2D eigenvalue weighted by Gasteiger charge is -2.28. The van der Waals surface area contributed by atoms with Crippen molar-refractivity contribution in [1.29, 1.82) is 0 Å². The van der Waals surface area contributed by atoms with Gasteiger partial charge in [0.2, 0.25) is 0 Å². The van der Waals surface area contributed by atoms with Crippen LogP contribution in [0.3, 0.4) is 0 Å². The minimum atomic E-state index is -0.104. The van der Waals surface area contributed by atoms with E-state index in [0.717, 1.165) is 34.2 Å². The number of nitrogens with zero attached hydrogens (tertiary/aromatic N) is 4. The number of aromatic nitrogens is 3. The van der Waals surface area contributed by atoms with Crippen LogP contribution in [0.25, 0.3) is 5.69 Å². The van der Waals surface area contributed by atoms with Crippen molar-refractivity contribution in [2.24, 2.45) is 0 Å². The molecule has 3 aromatic heterocycles. The fourth-order valence-corrected chi connectivity index (χ4v) is 5.03. The minimum Gasteiger partial charge on any atom is -0.497 e. The number of hydrogen-bond acceptors (Lipinski definition) is 4. The van der Waals surface area contributed by atoms with Gasteiger partial charge in [0.05, 0.1) is 36.8 Å². The first-order valence-corrected chi connectivity index (χ1v) is 11.2. The lowest BCUT2D eigenvalue weighted by molar-refractivity contribution is 0.415. The molecule has 0 aliphatic carbocycles. The molecule has 166 valence electrons. The summed E-state index contributed by atoms with van der Waals surface area (Å²) in [6.07, 6.45) is 5.50. The highest BCUT2D eigenvalue weighted by molar-refractivity contribution is 7.80. The molecule has 5 rings (SSSR count). The maximum absolute atomic E-state index is 5.86. The summed E-state index contributed by atoms with van der Waals surface area (Å²) >= 11 is 5.86. The Kier molecular flexibility index (Phi) is 5.56. The van der Waals surface area contributed by atoms with E-state index < -0.39 is 0 Å². The molecule has 1 aromatic carbocycles. The molecule has 0 amide bonds. The molecule has 4 aromatic rings. The molecule has 0 spiro atoms. The van der Waals surface area contributed by atoms with E-state index in [9.17, 15) is 0 Å². The quantitative estimate of drug-likeness (QED) is 0.424. The van der Waals surface area contributed by atoms with Gasteiger partial charge in [-0.05, 0) is 74.1 Å². The fraction of sp³-hybridized carbons (Fsp3) is 0.192. The Bertz CT molecular complexity index is 1290. The molecule has 1 aliphatic heterocycles. The second-order valence-corrected chi connectivity index (χ2v) is 8.46. The number of methoxy groups -OCH3 is 1. The zero-order chi connectivity index (χ0) is 22.9. The Morgan fingerprint density at radius 1 is 0.970 bits per heavy atom. The van der Waals surface area contributed by atoms with Gasteiger partial charge in [0.15, 0.2) is 5.11 Å². The molecule has 1 saturated heterocycles. The first-order valence-electron chi connectivity index (χ1n) is 10.8. The van der Waals surface area contributed by atoms with Crippen molar-refractivity contribution in [3.05, 3.63) is 102 Å². The van der Waals surface area contributed by atoms with E-state index in [0.29, 0.717) is 5.11 Å². The van der Waals surface area contributed by atoms with Gasteiger partial charge in [0, 0.05) is 35.5 Å². The lowest BCUT2D eigenvalue weighted by atomic mass is 9.96. The number of rotatable bonds is 5. The second kappa shape index (κ2) is 8.67. The Morgan fingerprint density at radius 3 is 2.55 bits per heavy atom. The van der Waals surface area contributed by atoms with E-state index in [2.05, 4.69) is 56.8 Å². The molecule has 0 saturated carbocycles. The van der Waals surface area contributed by atoms with Crippen LogP contribution in [0, 0.1) is 13.8 Å². The number of benzene rings is 1. The van der Waals surface area contributed by atoms with Gasteiger partial charge in [-0.2, -0.15) is 0 Å². The SMILES string of the molecule is COc1cccc(N2C(=S)N[C@H](c3ccccn3)[C@@H]2c2cc(C)n(-c3cccnc3)c2C)c1. The molecule has 0 radical (unpaired) electrons. The maximum Gasteiger partial charge on any atom is 0.174 e. The van der Waals surface area contributed by atoms with Crippen LogP contribution in [0.5, 0.6) is 5.75 Å². The van der Waals surface area contributed by atoms with Gasteiger partial charge < -0.3 is 19.5 Å². The second-order valence-electron chi connectivity index (χ2n) is 8.07. The molecule has 0 unspecified atom stereocenters. The van der Waals surface area contributed by atoms with E-state index in [4.69, 9.17) is 17.0 Å². The fourth-order valence-electron chi connectivity index (χ4n) is 4.68. The molecular weight excluding hydrogens is 430 g/mol. The minimum absolute atomic E-state index is 0.0869. The Labute approximate surface area is 198 Å². The van der Waals surface area contributed by atoms with Gasteiger partial charge >= 0.3 is 0 Å². The first kappa shape index (κ1) is 21.2. The van der Waals surface area contributed by atoms with Crippen LogP contribution in [-0.4, -0.2) is 26.8 Å². The van der Waals surface area contributed by atoms with Crippen LogP contribution >= 0.6 is 12.2 Å². The Morgan fingerprint density at radius 2 is 1.82 bits per heavy atom. The third-order valence-electron chi connectivity index (χ3n) is 6.12. The molecule has 4 heterocycles. The normalized spacial score (nSPS) is 17.8. The van der Waals surface area contributed by atoms with Crippen molar-refractivity contribution in [3.8, 4) is 11.4 Å². The lowest BCUT2D eigenvalue weighted by Crippen LogP contribution is -2.29. The predicted molar refractivity (Wildman–Crippen MR) is 134 cm³/mol. The number of nitrogens with one attached hydrogen (secondary N) is 1. The number of thiocarbonyl (C=S) groups is 1. The number of aryl methyl sites for hydroxylation is 1. The molecule has 6 nitrogen and oxygen atoms in total. The van der Waals surface area contributed by atoms with Crippen molar-refractivity contribution in [2.45, 2.75) is 25.9 Å². The standard InChI is InChI=1S/C26H25N5OS/c1-17-14-22(18(2)30(17)20-9-7-12-27-16-20)25-24(23-11-4-5-13-28-23)29-26(33)31(25)19-8-6-10-21(15-19)32-3/h4-16,24-25H,1-3H3,(H,29,33)/t24-,25+/m1/s1.